The first kappa shape index (κ1) is 19.2. The van der Waals surface area contributed by atoms with Crippen LogP contribution in [-0.4, -0.2) is 50.2 Å². The van der Waals surface area contributed by atoms with Gasteiger partial charge in [-0.3, -0.25) is 19.6 Å². The van der Waals surface area contributed by atoms with E-state index in [1.165, 1.54) is 34.9 Å². The molecule has 0 aliphatic carbocycles. The second kappa shape index (κ2) is 7.83. The molecule has 0 atom stereocenters. The van der Waals surface area contributed by atoms with Crippen LogP contribution in [0.3, 0.4) is 0 Å². The van der Waals surface area contributed by atoms with E-state index in [1.54, 1.807) is 13.2 Å². The maximum absolute atomic E-state index is 12.3. The maximum Gasteiger partial charge on any atom is 0.264 e. The lowest BCUT2D eigenvalue weighted by Crippen LogP contribution is -2.41. The van der Waals surface area contributed by atoms with Crippen LogP contribution >= 0.6 is 23.1 Å². The standard InChI is InChI=1S/C14H20N6O3S2/c1-14(2,3)16-9(21)7-24-13-18-17-12(25-13)15-10(22)8-6-20(4)19-11(8)23-5/h6H,7H2,1-5H3,(H,16,21)(H,15,17,22). The average Bonchev–Trinajstić information content (AvgIpc) is 3.09. The van der Waals surface area contributed by atoms with Gasteiger partial charge in [0.25, 0.3) is 5.91 Å². The highest BCUT2D eigenvalue weighted by Crippen LogP contribution is 2.26. The topological polar surface area (TPSA) is 111 Å². The Morgan fingerprint density at radius 3 is 2.72 bits per heavy atom. The quantitative estimate of drug-likeness (QED) is 0.574. The first-order valence-electron chi connectivity index (χ1n) is 7.34. The second-order valence-corrected chi connectivity index (χ2v) is 8.34. The minimum atomic E-state index is -0.386. The van der Waals surface area contributed by atoms with E-state index in [2.05, 4.69) is 25.9 Å². The molecule has 0 bridgehead atoms. The van der Waals surface area contributed by atoms with E-state index in [-0.39, 0.29) is 29.0 Å². The van der Waals surface area contributed by atoms with Gasteiger partial charge in [-0.25, -0.2) is 0 Å². The number of aromatic nitrogens is 4. The van der Waals surface area contributed by atoms with Gasteiger partial charge in [0.15, 0.2) is 4.34 Å². The number of carbonyl (C=O) groups excluding carboxylic acids is 2. The number of hydrogen-bond acceptors (Lipinski definition) is 8. The van der Waals surface area contributed by atoms with Crippen molar-refractivity contribution in [3.05, 3.63) is 11.8 Å². The normalized spacial score (nSPS) is 11.2. The Morgan fingerprint density at radius 2 is 2.08 bits per heavy atom. The number of nitrogens with one attached hydrogen (secondary N) is 2. The summed E-state index contributed by atoms with van der Waals surface area (Å²) in [6.07, 6.45) is 1.56. The van der Waals surface area contributed by atoms with E-state index >= 15 is 0 Å². The minimum Gasteiger partial charge on any atom is -0.479 e. The maximum atomic E-state index is 12.3. The zero-order valence-corrected chi connectivity index (χ0v) is 16.2. The minimum absolute atomic E-state index is 0.0848. The molecule has 0 aliphatic heterocycles. The molecule has 0 aliphatic rings. The Bertz CT molecular complexity index is 765. The molecule has 11 heteroatoms. The van der Waals surface area contributed by atoms with Crippen molar-refractivity contribution >= 4 is 40.0 Å². The SMILES string of the molecule is COc1nn(C)cc1C(=O)Nc1nnc(SCC(=O)NC(C)(C)C)s1. The van der Waals surface area contributed by atoms with Gasteiger partial charge in [-0.05, 0) is 20.8 Å². The van der Waals surface area contributed by atoms with E-state index in [9.17, 15) is 9.59 Å². The van der Waals surface area contributed by atoms with Crippen LogP contribution in [-0.2, 0) is 11.8 Å². The zero-order valence-electron chi connectivity index (χ0n) is 14.6. The van der Waals surface area contributed by atoms with Crippen LogP contribution in [0.1, 0.15) is 31.1 Å². The fraction of sp³-hybridized carbons (Fsp3) is 0.500. The van der Waals surface area contributed by atoms with Crippen LogP contribution in [0.2, 0.25) is 0 Å². The number of ether oxygens (including phenoxy) is 1. The highest BCUT2D eigenvalue weighted by atomic mass is 32.2. The van der Waals surface area contributed by atoms with Gasteiger partial charge in [-0.1, -0.05) is 23.1 Å². The Hall–Kier alpha value is -2.14. The fourth-order valence-electron chi connectivity index (χ4n) is 1.84. The predicted octanol–water partition coefficient (Wildman–Crippen LogP) is 1.54. The number of amides is 2. The first-order valence-corrected chi connectivity index (χ1v) is 9.14. The van der Waals surface area contributed by atoms with Gasteiger partial charge < -0.3 is 10.1 Å². The van der Waals surface area contributed by atoms with E-state index in [4.69, 9.17) is 4.74 Å². The number of aryl methyl sites for hydroxylation is 1. The molecule has 0 radical (unpaired) electrons. The fourth-order valence-corrected chi connectivity index (χ4v) is 3.39. The summed E-state index contributed by atoms with van der Waals surface area (Å²) in [6, 6.07) is 0. The summed E-state index contributed by atoms with van der Waals surface area (Å²) in [5, 5.41) is 17.8. The van der Waals surface area contributed by atoms with E-state index in [1.807, 2.05) is 20.8 Å². The molecular weight excluding hydrogens is 364 g/mol. The molecule has 0 aromatic carbocycles. The summed E-state index contributed by atoms with van der Waals surface area (Å²) in [7, 11) is 3.14. The summed E-state index contributed by atoms with van der Waals surface area (Å²) in [4.78, 5) is 24.1. The van der Waals surface area contributed by atoms with Crippen molar-refractivity contribution in [2.45, 2.75) is 30.6 Å². The monoisotopic (exact) mass is 384 g/mol. The molecule has 0 spiro atoms. The molecule has 0 unspecified atom stereocenters. The van der Waals surface area contributed by atoms with Gasteiger partial charge in [0.2, 0.25) is 16.9 Å². The summed E-state index contributed by atoms with van der Waals surface area (Å²) < 4.78 is 7.14. The van der Waals surface area contributed by atoms with E-state index in [0.717, 1.165) is 0 Å². The summed E-state index contributed by atoms with van der Waals surface area (Å²) >= 11 is 2.46. The number of anilines is 1. The Balaban J connectivity index is 1.93. The molecule has 2 heterocycles. The van der Waals surface area contributed by atoms with E-state index in [0.29, 0.717) is 15.0 Å². The summed E-state index contributed by atoms with van der Waals surface area (Å²) in [6.45, 7) is 5.75. The van der Waals surface area contributed by atoms with E-state index < -0.39 is 0 Å². The molecule has 136 valence electrons. The predicted molar refractivity (Wildman–Crippen MR) is 96.2 cm³/mol. The van der Waals surface area contributed by atoms with Gasteiger partial charge in [0.05, 0.1) is 12.9 Å². The molecule has 2 aromatic rings. The number of thioether (sulfide) groups is 1. The van der Waals surface area contributed by atoms with Crippen LogP contribution in [0.15, 0.2) is 10.5 Å². The number of rotatable bonds is 6. The third kappa shape index (κ3) is 5.71. The molecule has 2 amide bonds. The van der Waals surface area contributed by atoms with Crippen LogP contribution in [0.25, 0.3) is 0 Å². The molecule has 2 N–H and O–H groups in total. The molecular formula is C14H20N6O3S2. The molecule has 0 saturated heterocycles. The van der Waals surface area contributed by atoms with Gasteiger partial charge in [0, 0.05) is 18.8 Å². The van der Waals surface area contributed by atoms with Crippen molar-refractivity contribution in [3.8, 4) is 5.88 Å². The second-order valence-electron chi connectivity index (χ2n) is 6.14. The smallest absolute Gasteiger partial charge is 0.264 e. The zero-order chi connectivity index (χ0) is 18.6. The molecule has 0 fully saturated rings. The van der Waals surface area contributed by atoms with Crippen molar-refractivity contribution in [1.82, 2.24) is 25.3 Å². The van der Waals surface area contributed by atoms with Crippen molar-refractivity contribution in [1.29, 1.82) is 0 Å². The van der Waals surface area contributed by atoms with Gasteiger partial charge in [-0.15, -0.1) is 15.3 Å². The third-order valence-corrected chi connectivity index (χ3v) is 4.67. The highest BCUT2D eigenvalue weighted by Gasteiger charge is 2.19. The Kier molecular flexibility index (Phi) is 6.01. The number of hydrogen-bond donors (Lipinski definition) is 2. The lowest BCUT2D eigenvalue weighted by molar-refractivity contribution is -0.119. The van der Waals surface area contributed by atoms with Crippen LogP contribution in [0, 0.1) is 0 Å². The number of carbonyl (C=O) groups is 2. The average molecular weight is 384 g/mol. The van der Waals surface area contributed by atoms with Crippen molar-refractivity contribution in [2.75, 3.05) is 18.2 Å². The first-order chi connectivity index (χ1) is 11.7. The van der Waals surface area contributed by atoms with Gasteiger partial charge in [-0.2, -0.15) is 0 Å². The molecule has 0 saturated carbocycles. The Labute approximate surface area is 153 Å². The summed E-state index contributed by atoms with van der Waals surface area (Å²) in [5.41, 5.74) is 0.0275. The van der Waals surface area contributed by atoms with Gasteiger partial charge in [0.1, 0.15) is 5.56 Å². The molecule has 2 aromatic heterocycles. The highest BCUT2D eigenvalue weighted by molar-refractivity contribution is 8.01. The van der Waals surface area contributed by atoms with Crippen LogP contribution < -0.4 is 15.4 Å². The number of methoxy groups -OCH3 is 1. The molecule has 9 nitrogen and oxygen atoms in total. The summed E-state index contributed by atoms with van der Waals surface area (Å²) in [5.74, 6) is -0.00418. The van der Waals surface area contributed by atoms with Crippen molar-refractivity contribution in [2.24, 2.45) is 7.05 Å². The Morgan fingerprint density at radius 1 is 1.36 bits per heavy atom. The largest absolute Gasteiger partial charge is 0.479 e. The lowest BCUT2D eigenvalue weighted by Gasteiger charge is -2.19. The third-order valence-electron chi connectivity index (χ3n) is 2.70. The number of nitrogens with zero attached hydrogens (tertiary/aromatic N) is 4. The molecule has 2 rings (SSSR count). The van der Waals surface area contributed by atoms with Crippen LogP contribution in [0.5, 0.6) is 5.88 Å². The van der Waals surface area contributed by atoms with Crippen LogP contribution in [0.4, 0.5) is 5.13 Å². The van der Waals surface area contributed by atoms with Gasteiger partial charge >= 0.3 is 0 Å². The molecule has 25 heavy (non-hydrogen) atoms. The van der Waals surface area contributed by atoms with Crippen molar-refractivity contribution in [3.63, 3.8) is 0 Å². The van der Waals surface area contributed by atoms with Crippen molar-refractivity contribution < 1.29 is 14.3 Å². The lowest BCUT2D eigenvalue weighted by atomic mass is 10.1.